The molecule has 35 heavy (non-hydrogen) atoms. The van der Waals surface area contributed by atoms with Gasteiger partial charge in [-0.25, -0.2) is 0 Å². The standard InChI is InChI=1S/C27H17Cl3N4S/c28-18-6-4-17(5-7-18)24-25-26(32-16-2-1-3-23(32)31-24)34(22-14-10-20(30)11-15-22)27(35)33(25)21-12-8-19(29)9-13-21/h1-16,24H. The minimum Gasteiger partial charge on any atom is -0.286 e. The van der Waals surface area contributed by atoms with E-state index in [1.807, 2.05) is 97.2 Å². The molecule has 1 aromatic heterocycles. The lowest BCUT2D eigenvalue weighted by Gasteiger charge is -2.32. The number of hydrogen-bond acceptors (Lipinski definition) is 3. The molecule has 0 N–H and O–H groups in total. The van der Waals surface area contributed by atoms with Crippen molar-refractivity contribution in [3.63, 3.8) is 0 Å². The molecule has 0 spiro atoms. The van der Waals surface area contributed by atoms with Crippen LogP contribution in [-0.2, 0) is 0 Å². The molecule has 6 rings (SSSR count). The van der Waals surface area contributed by atoms with Crippen molar-refractivity contribution in [3.8, 4) is 11.4 Å². The Balaban J connectivity index is 1.71. The lowest BCUT2D eigenvalue weighted by molar-refractivity contribution is 0.777. The summed E-state index contributed by atoms with van der Waals surface area (Å²) in [6.45, 7) is 0. The molecular weight excluding hydrogens is 519 g/mol. The number of amidine groups is 1. The van der Waals surface area contributed by atoms with Gasteiger partial charge in [-0.05, 0) is 90.6 Å². The van der Waals surface area contributed by atoms with Crippen LogP contribution in [0.3, 0.4) is 0 Å². The summed E-state index contributed by atoms with van der Waals surface area (Å²) in [5, 5.41) is 1.99. The minimum atomic E-state index is -0.310. The van der Waals surface area contributed by atoms with E-state index in [0.29, 0.717) is 19.8 Å². The Morgan fingerprint density at radius 1 is 0.686 bits per heavy atom. The fraction of sp³-hybridized carbons (Fsp3) is 0.0370. The number of imidazole rings is 1. The van der Waals surface area contributed by atoms with Gasteiger partial charge in [-0.3, -0.25) is 19.0 Å². The monoisotopic (exact) mass is 534 g/mol. The van der Waals surface area contributed by atoms with E-state index in [1.54, 1.807) is 0 Å². The van der Waals surface area contributed by atoms with Gasteiger partial charge in [0, 0.05) is 32.6 Å². The van der Waals surface area contributed by atoms with Crippen LogP contribution in [0.2, 0.25) is 15.1 Å². The van der Waals surface area contributed by atoms with E-state index in [1.165, 1.54) is 0 Å². The SMILES string of the molecule is S=c1n(-c2ccc(Cl)cc2)c2c(n1-c1ccc(Cl)cc1)N1C=CC=CC1=NC2c1ccc(Cl)cc1. The highest BCUT2D eigenvalue weighted by Gasteiger charge is 2.35. The van der Waals surface area contributed by atoms with Crippen LogP contribution < -0.4 is 4.90 Å². The first-order valence-electron chi connectivity index (χ1n) is 10.9. The zero-order valence-corrected chi connectivity index (χ0v) is 21.2. The molecular formula is C27H17Cl3N4S. The average molecular weight is 536 g/mol. The number of benzene rings is 3. The third-order valence-corrected chi connectivity index (χ3v) is 7.13. The van der Waals surface area contributed by atoms with Crippen molar-refractivity contribution in [3.05, 3.63) is 128 Å². The van der Waals surface area contributed by atoms with Crippen LogP contribution in [0.25, 0.3) is 11.4 Å². The normalized spacial score (nSPS) is 16.1. The van der Waals surface area contributed by atoms with Gasteiger partial charge in [0.2, 0.25) is 0 Å². The van der Waals surface area contributed by atoms with Crippen LogP contribution in [0.5, 0.6) is 0 Å². The Hall–Kier alpha value is -3.09. The second-order valence-electron chi connectivity index (χ2n) is 8.13. The first kappa shape index (κ1) is 22.4. The van der Waals surface area contributed by atoms with Crippen LogP contribution in [0.15, 0.2) is 102 Å². The second-order valence-corrected chi connectivity index (χ2v) is 9.80. The zero-order chi connectivity index (χ0) is 24.1. The minimum absolute atomic E-state index is 0.310. The summed E-state index contributed by atoms with van der Waals surface area (Å²) in [5.41, 5.74) is 3.76. The highest BCUT2D eigenvalue weighted by atomic mass is 35.5. The Morgan fingerprint density at radius 3 is 1.83 bits per heavy atom. The van der Waals surface area contributed by atoms with Crippen LogP contribution in [0.1, 0.15) is 17.3 Å². The molecule has 1 atom stereocenters. The first-order chi connectivity index (χ1) is 17.0. The predicted octanol–water partition coefficient (Wildman–Crippen LogP) is 8.35. The molecule has 0 aliphatic carbocycles. The molecule has 0 radical (unpaired) electrons. The van der Waals surface area contributed by atoms with Gasteiger partial charge >= 0.3 is 0 Å². The maximum atomic E-state index is 6.22. The third-order valence-electron chi connectivity index (χ3n) is 6.01. The lowest BCUT2D eigenvalue weighted by atomic mass is 10.0. The van der Waals surface area contributed by atoms with Crippen molar-refractivity contribution in [2.45, 2.75) is 6.04 Å². The van der Waals surface area contributed by atoms with E-state index >= 15 is 0 Å². The van der Waals surface area contributed by atoms with Crippen molar-refractivity contribution >= 4 is 58.7 Å². The average Bonchev–Trinajstić information content (AvgIpc) is 3.18. The largest absolute Gasteiger partial charge is 0.286 e. The molecule has 1 unspecified atom stereocenters. The zero-order valence-electron chi connectivity index (χ0n) is 18.1. The summed E-state index contributed by atoms with van der Waals surface area (Å²) in [7, 11) is 0. The predicted molar refractivity (Wildman–Crippen MR) is 147 cm³/mol. The molecule has 172 valence electrons. The molecule has 0 fully saturated rings. The maximum absolute atomic E-state index is 6.22. The van der Waals surface area contributed by atoms with E-state index in [9.17, 15) is 0 Å². The van der Waals surface area contributed by atoms with Crippen LogP contribution in [0, 0.1) is 4.77 Å². The van der Waals surface area contributed by atoms with Gasteiger partial charge in [-0.2, -0.15) is 0 Å². The Morgan fingerprint density at radius 2 is 1.23 bits per heavy atom. The molecule has 0 saturated carbocycles. The van der Waals surface area contributed by atoms with Gasteiger partial charge in [0.05, 0.1) is 5.69 Å². The molecule has 0 bridgehead atoms. The van der Waals surface area contributed by atoms with E-state index < -0.39 is 0 Å². The fourth-order valence-electron chi connectivity index (χ4n) is 4.44. The number of allylic oxidation sites excluding steroid dienone is 2. The van der Waals surface area contributed by atoms with Crippen molar-refractivity contribution < 1.29 is 0 Å². The van der Waals surface area contributed by atoms with E-state index in [4.69, 9.17) is 52.0 Å². The summed E-state index contributed by atoms with van der Waals surface area (Å²) >= 11 is 24.8. The number of aromatic nitrogens is 2. The van der Waals surface area contributed by atoms with Crippen molar-refractivity contribution in [1.29, 1.82) is 0 Å². The number of rotatable bonds is 3. The molecule has 2 aliphatic heterocycles. The number of anilines is 1. The van der Waals surface area contributed by atoms with Crippen LogP contribution in [0.4, 0.5) is 5.82 Å². The Kier molecular flexibility index (Phi) is 5.66. The molecule has 4 aromatic rings. The number of fused-ring (bicyclic) bond motifs is 3. The second kappa shape index (κ2) is 8.85. The third kappa shape index (κ3) is 3.85. The quantitative estimate of drug-likeness (QED) is 0.246. The summed E-state index contributed by atoms with van der Waals surface area (Å²) in [5.74, 6) is 1.74. The maximum Gasteiger partial charge on any atom is 0.191 e. The highest BCUT2D eigenvalue weighted by molar-refractivity contribution is 7.71. The molecule has 0 saturated heterocycles. The topological polar surface area (TPSA) is 25.5 Å². The first-order valence-corrected chi connectivity index (χ1v) is 12.4. The number of aliphatic imine (C=N–C) groups is 1. The van der Waals surface area contributed by atoms with E-state index in [2.05, 4.69) is 14.0 Å². The fourth-order valence-corrected chi connectivity index (χ4v) is 5.21. The van der Waals surface area contributed by atoms with Gasteiger partial charge in [-0.15, -0.1) is 0 Å². The van der Waals surface area contributed by atoms with Gasteiger partial charge in [-0.1, -0.05) is 53.0 Å². The van der Waals surface area contributed by atoms with Gasteiger partial charge < -0.3 is 0 Å². The smallest absolute Gasteiger partial charge is 0.191 e. The molecule has 0 amide bonds. The number of hydrogen-bond donors (Lipinski definition) is 0. The molecule has 3 aromatic carbocycles. The highest BCUT2D eigenvalue weighted by Crippen LogP contribution is 2.43. The summed E-state index contributed by atoms with van der Waals surface area (Å²) in [6, 6.07) is 22.8. The van der Waals surface area contributed by atoms with Crippen molar-refractivity contribution in [2.24, 2.45) is 4.99 Å². The van der Waals surface area contributed by atoms with Gasteiger partial charge in [0.25, 0.3) is 0 Å². The molecule has 2 aliphatic rings. The van der Waals surface area contributed by atoms with Gasteiger partial charge in [0.15, 0.2) is 4.77 Å². The van der Waals surface area contributed by atoms with Crippen LogP contribution in [-0.4, -0.2) is 15.0 Å². The Bertz CT molecular complexity index is 1580. The lowest BCUT2D eigenvalue weighted by Crippen LogP contribution is -2.32. The van der Waals surface area contributed by atoms with Crippen molar-refractivity contribution in [1.82, 2.24) is 9.13 Å². The number of halogens is 3. The van der Waals surface area contributed by atoms with Crippen LogP contribution >= 0.6 is 47.0 Å². The Labute approximate surface area is 222 Å². The van der Waals surface area contributed by atoms with E-state index in [-0.39, 0.29) is 6.04 Å². The summed E-state index contributed by atoms with van der Waals surface area (Å²) in [6.07, 6.45) is 7.97. The molecule has 3 heterocycles. The summed E-state index contributed by atoms with van der Waals surface area (Å²) < 4.78 is 4.75. The number of nitrogens with zero attached hydrogens (tertiary/aromatic N) is 4. The molecule has 8 heteroatoms. The van der Waals surface area contributed by atoms with Gasteiger partial charge in [0.1, 0.15) is 17.7 Å². The van der Waals surface area contributed by atoms with E-state index in [0.717, 1.165) is 34.3 Å². The molecule has 4 nitrogen and oxygen atoms in total. The van der Waals surface area contributed by atoms with Crippen molar-refractivity contribution in [2.75, 3.05) is 4.90 Å². The summed E-state index contributed by atoms with van der Waals surface area (Å²) in [4.78, 5) is 7.21.